The minimum Gasteiger partial charge on any atom is -0.399 e. The number of nitrogens with zero attached hydrogens (tertiary/aromatic N) is 1. The number of likely N-dealkylation sites (tertiary alicyclic amines) is 1. The Hall–Kier alpha value is -1.55. The van der Waals surface area contributed by atoms with Crippen molar-refractivity contribution < 1.29 is 4.79 Å². The van der Waals surface area contributed by atoms with Gasteiger partial charge in [-0.05, 0) is 68.1 Å². The first-order valence-electron chi connectivity index (χ1n) is 9.56. The second-order valence-electron chi connectivity index (χ2n) is 8.00. The van der Waals surface area contributed by atoms with Gasteiger partial charge in [0, 0.05) is 37.3 Å². The summed E-state index contributed by atoms with van der Waals surface area (Å²) in [5.74, 6) is 1.53. The molecule has 24 heavy (non-hydrogen) atoms. The molecule has 3 aliphatic heterocycles. The highest BCUT2D eigenvalue weighted by atomic mass is 16.2. The first-order valence-corrected chi connectivity index (χ1v) is 9.56. The molecule has 130 valence electrons. The Kier molecular flexibility index (Phi) is 4.49. The number of rotatable bonds is 3. The van der Waals surface area contributed by atoms with Crippen molar-refractivity contribution in [1.82, 2.24) is 10.2 Å². The van der Waals surface area contributed by atoms with E-state index in [9.17, 15) is 4.79 Å². The summed E-state index contributed by atoms with van der Waals surface area (Å²) < 4.78 is 0. The molecular weight excluding hydrogens is 298 g/mol. The van der Waals surface area contributed by atoms with Gasteiger partial charge < -0.3 is 16.0 Å². The average Bonchev–Trinajstić information content (AvgIpc) is 2.93. The van der Waals surface area contributed by atoms with Crippen LogP contribution >= 0.6 is 0 Å². The maximum atomic E-state index is 12.7. The SMILES string of the molecule is Nc1cccc(C2CCN(C(=O)CC3CC4CCC(C3)N4)CC2)c1. The number of nitrogens with two attached hydrogens (primary N) is 1. The number of hydrogen-bond acceptors (Lipinski definition) is 3. The molecule has 4 heteroatoms. The fraction of sp³-hybridized carbons (Fsp3) is 0.650. The van der Waals surface area contributed by atoms with E-state index < -0.39 is 0 Å². The summed E-state index contributed by atoms with van der Waals surface area (Å²) >= 11 is 0. The largest absolute Gasteiger partial charge is 0.399 e. The van der Waals surface area contributed by atoms with E-state index in [1.54, 1.807) is 0 Å². The third-order valence-corrected chi connectivity index (χ3v) is 6.26. The maximum Gasteiger partial charge on any atom is 0.222 e. The normalized spacial score (nSPS) is 30.5. The van der Waals surface area contributed by atoms with Gasteiger partial charge in [-0.25, -0.2) is 0 Å². The lowest BCUT2D eigenvalue weighted by Crippen LogP contribution is -2.42. The fourth-order valence-corrected chi connectivity index (χ4v) is 4.99. The van der Waals surface area contributed by atoms with Gasteiger partial charge in [-0.1, -0.05) is 12.1 Å². The first-order chi connectivity index (χ1) is 11.7. The van der Waals surface area contributed by atoms with Crippen LogP contribution in [0.25, 0.3) is 0 Å². The highest BCUT2D eigenvalue weighted by molar-refractivity contribution is 5.76. The van der Waals surface area contributed by atoms with Crippen molar-refractivity contribution >= 4 is 11.6 Å². The Morgan fingerprint density at radius 1 is 1.12 bits per heavy atom. The van der Waals surface area contributed by atoms with E-state index in [1.807, 2.05) is 12.1 Å². The maximum absolute atomic E-state index is 12.7. The summed E-state index contributed by atoms with van der Waals surface area (Å²) in [7, 11) is 0. The predicted octanol–water partition coefficient (Wildman–Crippen LogP) is 2.90. The van der Waals surface area contributed by atoms with Gasteiger partial charge in [0.2, 0.25) is 5.91 Å². The Balaban J connectivity index is 1.28. The van der Waals surface area contributed by atoms with Gasteiger partial charge in [0.25, 0.3) is 0 Å². The Morgan fingerprint density at radius 2 is 1.83 bits per heavy atom. The number of anilines is 1. The van der Waals surface area contributed by atoms with Crippen LogP contribution in [0.1, 0.15) is 56.4 Å². The molecule has 3 fully saturated rings. The van der Waals surface area contributed by atoms with E-state index in [4.69, 9.17) is 5.73 Å². The first kappa shape index (κ1) is 15.9. The number of benzene rings is 1. The third-order valence-electron chi connectivity index (χ3n) is 6.26. The van der Waals surface area contributed by atoms with E-state index in [-0.39, 0.29) is 0 Å². The number of hydrogen-bond donors (Lipinski definition) is 2. The summed E-state index contributed by atoms with van der Waals surface area (Å²) in [5.41, 5.74) is 8.07. The van der Waals surface area contributed by atoms with Gasteiger partial charge in [0.1, 0.15) is 0 Å². The molecule has 3 heterocycles. The van der Waals surface area contributed by atoms with Crippen molar-refractivity contribution in [3.8, 4) is 0 Å². The van der Waals surface area contributed by atoms with Gasteiger partial charge in [0.15, 0.2) is 0 Å². The van der Waals surface area contributed by atoms with Gasteiger partial charge in [-0.2, -0.15) is 0 Å². The minimum absolute atomic E-state index is 0.382. The van der Waals surface area contributed by atoms with E-state index in [0.717, 1.165) is 38.0 Å². The summed E-state index contributed by atoms with van der Waals surface area (Å²) in [6.45, 7) is 1.80. The highest BCUT2D eigenvalue weighted by Gasteiger charge is 2.35. The van der Waals surface area contributed by atoms with Crippen LogP contribution in [-0.4, -0.2) is 36.0 Å². The van der Waals surface area contributed by atoms with Crippen LogP contribution in [0.3, 0.4) is 0 Å². The molecule has 3 aliphatic rings. The second-order valence-corrected chi connectivity index (χ2v) is 8.00. The number of carbonyl (C=O) groups excluding carboxylic acids is 1. The van der Waals surface area contributed by atoms with Crippen molar-refractivity contribution in [2.24, 2.45) is 5.92 Å². The molecular formula is C20H29N3O. The molecule has 0 spiro atoms. The molecule has 0 aliphatic carbocycles. The summed E-state index contributed by atoms with van der Waals surface area (Å²) in [5, 5.41) is 3.67. The Labute approximate surface area is 144 Å². The van der Waals surface area contributed by atoms with Gasteiger partial charge >= 0.3 is 0 Å². The number of piperidine rings is 2. The van der Waals surface area contributed by atoms with Crippen LogP contribution in [0, 0.1) is 5.92 Å². The fourth-order valence-electron chi connectivity index (χ4n) is 4.99. The topological polar surface area (TPSA) is 58.4 Å². The van der Waals surface area contributed by atoms with Gasteiger partial charge in [0.05, 0.1) is 0 Å². The van der Waals surface area contributed by atoms with E-state index in [1.165, 1.54) is 31.2 Å². The molecule has 4 rings (SSSR count). The Bertz CT molecular complexity index is 582. The standard InChI is InChI=1S/C20H29N3O/c21-17-3-1-2-16(13-17)15-6-8-23(9-7-15)20(24)12-14-10-18-4-5-19(11-14)22-18/h1-3,13-15,18-19,22H,4-12,21H2. The third kappa shape index (κ3) is 3.44. The molecule has 0 saturated carbocycles. The average molecular weight is 327 g/mol. The molecule has 1 aromatic rings. The predicted molar refractivity (Wildman–Crippen MR) is 96.7 cm³/mol. The van der Waals surface area contributed by atoms with Crippen LogP contribution in [0.5, 0.6) is 0 Å². The molecule has 0 radical (unpaired) electrons. The molecule has 3 saturated heterocycles. The van der Waals surface area contributed by atoms with Crippen LogP contribution < -0.4 is 11.1 Å². The van der Waals surface area contributed by atoms with Crippen molar-refractivity contribution in [2.75, 3.05) is 18.8 Å². The van der Waals surface area contributed by atoms with Gasteiger partial charge in [-0.3, -0.25) is 4.79 Å². The number of carbonyl (C=O) groups is 1. The summed E-state index contributed by atoms with van der Waals surface area (Å²) in [6.07, 6.45) is 7.89. The van der Waals surface area contributed by atoms with Crippen LogP contribution in [-0.2, 0) is 4.79 Å². The molecule has 2 atom stereocenters. The Morgan fingerprint density at radius 3 is 2.50 bits per heavy atom. The lowest BCUT2D eigenvalue weighted by atomic mass is 9.87. The number of fused-ring (bicyclic) bond motifs is 2. The molecule has 0 aromatic heterocycles. The van der Waals surface area contributed by atoms with Crippen molar-refractivity contribution in [3.05, 3.63) is 29.8 Å². The van der Waals surface area contributed by atoms with Crippen LogP contribution in [0.2, 0.25) is 0 Å². The number of amides is 1. The lowest BCUT2D eigenvalue weighted by molar-refractivity contribution is -0.133. The molecule has 3 N–H and O–H groups in total. The zero-order valence-corrected chi connectivity index (χ0v) is 14.4. The number of nitrogen functional groups attached to an aromatic ring is 1. The van der Waals surface area contributed by atoms with E-state index in [2.05, 4.69) is 22.3 Å². The smallest absolute Gasteiger partial charge is 0.222 e. The molecule has 2 bridgehead atoms. The lowest BCUT2D eigenvalue weighted by Gasteiger charge is -2.35. The molecule has 2 unspecified atom stereocenters. The van der Waals surface area contributed by atoms with E-state index >= 15 is 0 Å². The monoisotopic (exact) mass is 327 g/mol. The summed E-state index contributed by atoms with van der Waals surface area (Å²) in [6, 6.07) is 9.59. The zero-order chi connectivity index (χ0) is 16.5. The molecule has 1 aromatic carbocycles. The van der Waals surface area contributed by atoms with E-state index in [0.29, 0.717) is 29.8 Å². The number of nitrogens with one attached hydrogen (secondary N) is 1. The van der Waals surface area contributed by atoms with Crippen molar-refractivity contribution in [1.29, 1.82) is 0 Å². The quantitative estimate of drug-likeness (QED) is 0.839. The second kappa shape index (κ2) is 6.75. The molecule has 4 nitrogen and oxygen atoms in total. The minimum atomic E-state index is 0.382. The van der Waals surface area contributed by atoms with Crippen LogP contribution in [0.15, 0.2) is 24.3 Å². The highest BCUT2D eigenvalue weighted by Crippen LogP contribution is 2.34. The van der Waals surface area contributed by atoms with Gasteiger partial charge in [-0.15, -0.1) is 0 Å². The van der Waals surface area contributed by atoms with Crippen LogP contribution in [0.4, 0.5) is 5.69 Å². The van der Waals surface area contributed by atoms with Crippen molar-refractivity contribution in [2.45, 2.75) is 62.9 Å². The zero-order valence-electron chi connectivity index (χ0n) is 14.4. The van der Waals surface area contributed by atoms with Crippen molar-refractivity contribution in [3.63, 3.8) is 0 Å². The molecule has 1 amide bonds. The summed E-state index contributed by atoms with van der Waals surface area (Å²) in [4.78, 5) is 14.8.